The molecule has 0 spiro atoms. The quantitative estimate of drug-likeness (QED) is 0.593. The van der Waals surface area contributed by atoms with Crippen molar-refractivity contribution in [1.29, 1.82) is 0 Å². The Balaban J connectivity index is 4.16. The Kier molecular flexibility index (Phi) is 6.06. The van der Waals surface area contributed by atoms with Gasteiger partial charge in [0.05, 0.1) is 13.2 Å². The van der Waals surface area contributed by atoms with Crippen molar-refractivity contribution in [3.8, 4) is 24.7 Å². The molecule has 2 nitrogen and oxygen atoms in total. The van der Waals surface area contributed by atoms with Crippen LogP contribution in [0.25, 0.3) is 0 Å². The van der Waals surface area contributed by atoms with E-state index in [9.17, 15) is 0 Å². The molecule has 0 saturated heterocycles. The van der Waals surface area contributed by atoms with Gasteiger partial charge in [0.25, 0.3) is 0 Å². The lowest BCUT2D eigenvalue weighted by atomic mass is 9.81. The van der Waals surface area contributed by atoms with E-state index in [0.717, 1.165) is 0 Å². The Morgan fingerprint density at radius 2 is 1.31 bits per heavy atom. The first-order chi connectivity index (χ1) is 6.24. The molecule has 0 aliphatic heterocycles. The molecule has 0 aliphatic rings. The highest BCUT2D eigenvalue weighted by Gasteiger charge is 2.27. The second-order valence-electron chi connectivity index (χ2n) is 3.22. The van der Waals surface area contributed by atoms with Gasteiger partial charge >= 0.3 is 0 Å². The fourth-order valence-corrected chi connectivity index (χ4v) is 1.17. The summed E-state index contributed by atoms with van der Waals surface area (Å²) in [5.41, 5.74) is -0.487. The molecule has 0 aromatic heterocycles. The van der Waals surface area contributed by atoms with Crippen LogP contribution in [0.1, 0.15) is 25.7 Å². The maximum absolute atomic E-state index is 9.13. The second-order valence-corrected chi connectivity index (χ2v) is 3.22. The van der Waals surface area contributed by atoms with Crippen LogP contribution < -0.4 is 0 Å². The Bertz CT molecular complexity index is 183. The Morgan fingerprint density at radius 3 is 1.54 bits per heavy atom. The molecule has 13 heavy (non-hydrogen) atoms. The number of aliphatic hydroxyl groups excluding tert-OH is 2. The third kappa shape index (κ3) is 3.99. The van der Waals surface area contributed by atoms with Crippen molar-refractivity contribution < 1.29 is 10.2 Å². The fraction of sp³-hybridized carbons (Fsp3) is 0.636. The maximum Gasteiger partial charge on any atom is 0.0510 e. The van der Waals surface area contributed by atoms with Crippen LogP contribution in [0, 0.1) is 30.1 Å². The number of hydrogen-bond acceptors (Lipinski definition) is 2. The van der Waals surface area contributed by atoms with Gasteiger partial charge in [-0.1, -0.05) is 0 Å². The van der Waals surface area contributed by atoms with E-state index in [1.165, 1.54) is 0 Å². The van der Waals surface area contributed by atoms with Gasteiger partial charge < -0.3 is 10.2 Å². The zero-order valence-corrected chi connectivity index (χ0v) is 7.79. The summed E-state index contributed by atoms with van der Waals surface area (Å²) in [6.07, 6.45) is 12.6. The average Bonchev–Trinajstić information content (AvgIpc) is 2.20. The zero-order chi connectivity index (χ0) is 10.2. The second kappa shape index (κ2) is 6.54. The van der Waals surface area contributed by atoms with Crippen LogP contribution in [-0.2, 0) is 0 Å². The fourth-order valence-electron chi connectivity index (χ4n) is 1.17. The van der Waals surface area contributed by atoms with Crippen molar-refractivity contribution in [2.45, 2.75) is 25.7 Å². The molecular weight excluding hydrogens is 164 g/mol. The molecule has 0 saturated carbocycles. The molecule has 0 unspecified atom stereocenters. The van der Waals surface area contributed by atoms with Crippen LogP contribution in [0.5, 0.6) is 0 Å². The first kappa shape index (κ1) is 12.0. The van der Waals surface area contributed by atoms with E-state index in [0.29, 0.717) is 25.7 Å². The summed E-state index contributed by atoms with van der Waals surface area (Å²) in [4.78, 5) is 0. The standard InChI is InChI=1S/C11H16O2/c1-3-5-7-11(9-12,10-13)8-6-4-2/h1-2,12-13H,5-10H2. The largest absolute Gasteiger partial charge is 0.396 e. The van der Waals surface area contributed by atoms with Gasteiger partial charge in [0, 0.05) is 18.3 Å². The van der Waals surface area contributed by atoms with Gasteiger partial charge in [0.2, 0.25) is 0 Å². The molecule has 2 N–H and O–H groups in total. The highest BCUT2D eigenvalue weighted by Crippen LogP contribution is 2.28. The molecule has 0 aromatic rings. The van der Waals surface area contributed by atoms with Crippen LogP contribution in [0.2, 0.25) is 0 Å². The van der Waals surface area contributed by atoms with Crippen LogP contribution in [0.4, 0.5) is 0 Å². The highest BCUT2D eigenvalue weighted by molar-refractivity contribution is 4.92. The number of terminal acetylenes is 2. The summed E-state index contributed by atoms with van der Waals surface area (Å²) in [5.74, 6) is 4.99. The van der Waals surface area contributed by atoms with E-state index in [1.54, 1.807) is 0 Å². The summed E-state index contributed by atoms with van der Waals surface area (Å²) in [6.45, 7) is -0.125. The smallest absolute Gasteiger partial charge is 0.0510 e. The molecule has 72 valence electrons. The maximum atomic E-state index is 9.13. The van der Waals surface area contributed by atoms with Crippen molar-refractivity contribution in [3.05, 3.63) is 0 Å². The Hall–Kier alpha value is -0.960. The number of aliphatic hydroxyl groups is 2. The third-order valence-corrected chi connectivity index (χ3v) is 2.27. The monoisotopic (exact) mass is 180 g/mol. The molecule has 0 bridgehead atoms. The van der Waals surface area contributed by atoms with E-state index in [-0.39, 0.29) is 13.2 Å². The van der Waals surface area contributed by atoms with Gasteiger partial charge in [-0.05, 0) is 12.8 Å². The molecule has 0 heterocycles. The van der Waals surface area contributed by atoms with Crippen molar-refractivity contribution in [3.63, 3.8) is 0 Å². The van der Waals surface area contributed by atoms with Crippen molar-refractivity contribution in [1.82, 2.24) is 0 Å². The predicted octanol–water partition coefficient (Wildman–Crippen LogP) is 0.784. The summed E-state index contributed by atoms with van der Waals surface area (Å²) in [7, 11) is 0. The molecule has 0 rings (SSSR count). The van der Waals surface area contributed by atoms with E-state index >= 15 is 0 Å². The van der Waals surface area contributed by atoms with Gasteiger partial charge in [-0.15, -0.1) is 24.7 Å². The van der Waals surface area contributed by atoms with E-state index in [4.69, 9.17) is 23.1 Å². The molecule has 0 aromatic carbocycles. The minimum absolute atomic E-state index is 0.0626. The first-order valence-electron chi connectivity index (χ1n) is 4.33. The Labute approximate surface area is 80.0 Å². The lowest BCUT2D eigenvalue weighted by molar-refractivity contribution is 0.0423. The van der Waals surface area contributed by atoms with Gasteiger partial charge in [0.15, 0.2) is 0 Å². The molecule has 0 atom stereocenters. The topological polar surface area (TPSA) is 40.5 Å². The number of hydrogen-bond donors (Lipinski definition) is 2. The van der Waals surface area contributed by atoms with Crippen LogP contribution >= 0.6 is 0 Å². The van der Waals surface area contributed by atoms with Gasteiger partial charge in [-0.25, -0.2) is 0 Å². The average molecular weight is 180 g/mol. The summed E-state index contributed by atoms with van der Waals surface area (Å²) < 4.78 is 0. The summed E-state index contributed by atoms with van der Waals surface area (Å²) in [5, 5.41) is 18.3. The molecule has 0 fully saturated rings. The summed E-state index contributed by atoms with van der Waals surface area (Å²) in [6, 6.07) is 0. The first-order valence-corrected chi connectivity index (χ1v) is 4.33. The highest BCUT2D eigenvalue weighted by atomic mass is 16.3. The zero-order valence-electron chi connectivity index (χ0n) is 7.79. The lowest BCUT2D eigenvalue weighted by Crippen LogP contribution is -2.29. The minimum Gasteiger partial charge on any atom is -0.396 e. The molecular formula is C11H16O2. The van der Waals surface area contributed by atoms with E-state index < -0.39 is 5.41 Å². The van der Waals surface area contributed by atoms with E-state index in [2.05, 4.69) is 11.8 Å². The van der Waals surface area contributed by atoms with Crippen molar-refractivity contribution in [2.75, 3.05) is 13.2 Å². The molecule has 2 heteroatoms. The van der Waals surface area contributed by atoms with Crippen LogP contribution in [-0.4, -0.2) is 23.4 Å². The SMILES string of the molecule is C#CCCC(CO)(CO)CCC#C. The predicted molar refractivity (Wildman–Crippen MR) is 52.7 cm³/mol. The minimum atomic E-state index is -0.487. The third-order valence-electron chi connectivity index (χ3n) is 2.27. The van der Waals surface area contributed by atoms with Crippen LogP contribution in [0.15, 0.2) is 0 Å². The van der Waals surface area contributed by atoms with Crippen molar-refractivity contribution in [2.24, 2.45) is 5.41 Å². The van der Waals surface area contributed by atoms with Crippen molar-refractivity contribution >= 4 is 0 Å². The van der Waals surface area contributed by atoms with Gasteiger partial charge in [-0.2, -0.15) is 0 Å². The van der Waals surface area contributed by atoms with E-state index in [1.807, 2.05) is 0 Å². The lowest BCUT2D eigenvalue weighted by Gasteiger charge is -2.28. The number of rotatable bonds is 6. The molecule has 0 amide bonds. The van der Waals surface area contributed by atoms with Crippen LogP contribution in [0.3, 0.4) is 0 Å². The van der Waals surface area contributed by atoms with Gasteiger partial charge in [-0.3, -0.25) is 0 Å². The van der Waals surface area contributed by atoms with Gasteiger partial charge in [0.1, 0.15) is 0 Å². The molecule has 0 radical (unpaired) electrons. The summed E-state index contributed by atoms with van der Waals surface area (Å²) >= 11 is 0. The molecule has 0 aliphatic carbocycles. The Morgan fingerprint density at radius 1 is 0.923 bits per heavy atom. The normalized spacial score (nSPS) is 10.5.